The number of aryl methyl sites for hydroxylation is 1. The molecule has 15 atom stereocenters. The van der Waals surface area contributed by atoms with E-state index in [1.165, 1.54) is 19.3 Å². The van der Waals surface area contributed by atoms with E-state index in [0.29, 0.717) is 197 Å². The Morgan fingerprint density at radius 2 is 1.44 bits per heavy atom. The molecule has 2 saturated heterocycles. The number of allylic oxidation sites excluding steroid dienone is 6. The van der Waals surface area contributed by atoms with Crippen molar-refractivity contribution in [2.75, 3.05) is 118 Å². The molecule has 0 radical (unpaired) electrons. The summed E-state index contributed by atoms with van der Waals surface area (Å²) in [6.45, 7) is 16.9. The Morgan fingerprint density at radius 3 is 2.15 bits per heavy atom. The van der Waals surface area contributed by atoms with Gasteiger partial charge in [-0.25, -0.2) is 24.1 Å². The van der Waals surface area contributed by atoms with Gasteiger partial charge >= 0.3 is 5.97 Å². The molecule has 1 saturated carbocycles. The molecule has 1 aliphatic carbocycles. The number of ether oxygens (including phenoxy) is 11. The fourth-order valence-corrected chi connectivity index (χ4v) is 16.2. The molecule has 10 rings (SSSR count). The van der Waals surface area contributed by atoms with Gasteiger partial charge in [0.1, 0.15) is 53.5 Å². The number of hydrogen-bond donors (Lipinski definition) is 7. The van der Waals surface area contributed by atoms with Gasteiger partial charge in [0.15, 0.2) is 17.0 Å². The fourth-order valence-electron chi connectivity index (χ4n) is 16.2. The zero-order valence-electron chi connectivity index (χ0n) is 73.0. The molecule has 680 valence electrons. The van der Waals surface area contributed by atoms with Crippen LogP contribution in [0.1, 0.15) is 155 Å². The molecule has 4 aliphatic rings. The highest BCUT2D eigenvalue weighted by atomic mass is 16.6. The molecule has 10 N–H and O–H groups in total. The zero-order valence-corrected chi connectivity index (χ0v) is 73.0. The molecular weight excluding hydrogens is 1600 g/mol. The van der Waals surface area contributed by atoms with Gasteiger partial charge in [-0.2, -0.15) is 10.1 Å². The Labute approximate surface area is 725 Å². The van der Waals surface area contributed by atoms with Crippen molar-refractivity contribution in [2.45, 2.75) is 225 Å². The maximum Gasteiger partial charge on any atom is 0.329 e. The number of fused-ring (bicyclic) bond motifs is 5. The van der Waals surface area contributed by atoms with Crippen molar-refractivity contribution in [1.29, 1.82) is 0 Å². The Balaban J connectivity index is 0.565. The van der Waals surface area contributed by atoms with Crippen LogP contribution in [0.5, 0.6) is 0 Å². The number of hydrogen-bond acceptors (Lipinski definition) is 30. The minimum absolute atomic E-state index is 0.0251. The van der Waals surface area contributed by atoms with Gasteiger partial charge in [0.05, 0.1) is 128 Å². The average Bonchev–Trinajstić information content (AvgIpc) is 0.969. The van der Waals surface area contributed by atoms with Crippen LogP contribution in [0.4, 0.5) is 11.8 Å². The summed E-state index contributed by atoms with van der Waals surface area (Å²) >= 11 is 0. The minimum Gasteiger partial charge on any atom is -0.459 e. The van der Waals surface area contributed by atoms with Crippen LogP contribution in [0.25, 0.3) is 33.4 Å². The average molecular weight is 1730 g/mol. The number of nitrogens with zero attached hydrogens (tertiary/aromatic N) is 9. The number of cyclic esters (lactones) is 1. The van der Waals surface area contributed by atoms with E-state index in [0.717, 1.165) is 45.7 Å². The Hall–Kier alpha value is -8.98. The van der Waals surface area contributed by atoms with Crippen LogP contribution in [0.15, 0.2) is 107 Å². The van der Waals surface area contributed by atoms with Crippen LogP contribution in [0.3, 0.4) is 0 Å². The van der Waals surface area contributed by atoms with Crippen molar-refractivity contribution in [3.8, 4) is 11.3 Å². The number of nitrogens with one attached hydrogen (secondary N) is 1. The third-order valence-corrected chi connectivity index (χ3v) is 23.6. The summed E-state index contributed by atoms with van der Waals surface area (Å²) < 4.78 is 73.7. The van der Waals surface area contributed by atoms with Gasteiger partial charge in [0.25, 0.3) is 17.7 Å². The standard InChI is InChI=1S/C90H129N13O21/c1-57-16-10-9-11-17-58(2)75(113-7)51-68-27-20-62(6)90(112,124-68)84(109)87(110)102-31-14-12-19-71(102)88(111)122-76(52-72(104)59(3)47-61(5)82(107)83(108)81(106)60(4)46-57)69(91)48-65-25-28-74(77(49-65)114-8)121-33-15-13-18-67-55-101(100-98-67)32-35-116-37-39-118-41-43-120-45-44-119-42-40-117-38-36-115-34-30-78(105)94-53-63-21-23-64(24-22-63)54-103-86-79(85(92)95-56-96-86)80(99-103)66-26-29-73-70(50-66)97-89(93)123-73/h9-11,16-17,21-24,26,29,47,50,55-57,59-60,62,65,68-69,71,74-77,82-83,107-108,112H,12-15,18-20,25,27-28,30-46,48-49,51-54,91H2,1-8H3,(H2,93,97)(H,94,105)(H2,92,95,96)/b11-9?,16-10+,58-17?,61-47+/t57-,59-,60-,62-,65+,68+,69-,71+,74-,75+,76+,77-,82-,83+,90-/m1/s1. The third-order valence-electron chi connectivity index (χ3n) is 23.6. The first-order chi connectivity index (χ1) is 59.8. The lowest BCUT2D eigenvalue weighted by Gasteiger charge is -2.42. The number of anilines is 2. The molecule has 0 spiro atoms. The second kappa shape index (κ2) is 49.2. The number of esters is 1. The number of aliphatic hydroxyl groups is 3. The first-order valence-electron chi connectivity index (χ1n) is 43.7. The molecule has 124 heavy (non-hydrogen) atoms. The predicted octanol–water partition coefficient (Wildman–Crippen LogP) is 7.82. The summed E-state index contributed by atoms with van der Waals surface area (Å²) in [5.41, 5.74) is 26.1. The Kier molecular flexibility index (Phi) is 38.6. The fraction of sp³-hybridized carbons (Fsp3) is 0.622. The molecule has 34 nitrogen and oxygen atoms in total. The quantitative estimate of drug-likeness (QED) is 0.00845. The van der Waals surface area contributed by atoms with E-state index >= 15 is 0 Å². The lowest BCUT2D eigenvalue weighted by molar-refractivity contribution is -0.265. The number of rotatable bonds is 37. The molecule has 0 unspecified atom stereocenters. The number of piperidine rings is 1. The molecule has 34 heteroatoms. The highest BCUT2D eigenvalue weighted by molar-refractivity contribution is 6.39. The summed E-state index contributed by atoms with van der Waals surface area (Å²) in [6.07, 6.45) is 15.1. The van der Waals surface area contributed by atoms with E-state index in [9.17, 15) is 44.1 Å². The maximum atomic E-state index is 14.7. The number of ketones is 3. The number of Topliss-reactive ketones (excluding diaryl/α,β-unsaturated/α-hetero) is 3. The van der Waals surface area contributed by atoms with E-state index in [1.54, 1.807) is 50.4 Å². The number of amides is 2. The van der Waals surface area contributed by atoms with Crippen molar-refractivity contribution in [2.24, 2.45) is 35.3 Å². The number of carbonyl (C=O) groups is 6. The van der Waals surface area contributed by atoms with Gasteiger partial charge in [0, 0.05) is 88.7 Å². The number of nitrogen functional groups attached to an aromatic ring is 2. The Bertz CT molecular complexity index is 4530. The van der Waals surface area contributed by atoms with Gasteiger partial charge in [-0.15, -0.1) is 5.10 Å². The molecule has 7 heterocycles. The monoisotopic (exact) mass is 1730 g/mol. The number of nitrogens with two attached hydrogens (primary N) is 3. The highest BCUT2D eigenvalue weighted by Crippen LogP contribution is 2.39. The van der Waals surface area contributed by atoms with Crippen LogP contribution >= 0.6 is 0 Å². The summed E-state index contributed by atoms with van der Waals surface area (Å²) in [4.78, 5) is 98.2. The molecule has 2 bridgehead atoms. The molecule has 2 aromatic carbocycles. The molecule has 3 aliphatic heterocycles. The number of carbonyl (C=O) groups excluding carboxylic acids is 6. The van der Waals surface area contributed by atoms with Crippen LogP contribution in [-0.2, 0) is 107 Å². The lowest BCUT2D eigenvalue weighted by atomic mass is 9.80. The van der Waals surface area contributed by atoms with Gasteiger partial charge in [-0.05, 0) is 150 Å². The van der Waals surface area contributed by atoms with E-state index in [2.05, 4.69) is 30.6 Å². The van der Waals surface area contributed by atoms with Crippen LogP contribution in [-0.4, -0.2) is 262 Å². The normalized spacial score (nSPS) is 26.2. The first-order valence-corrected chi connectivity index (χ1v) is 43.7. The van der Waals surface area contributed by atoms with Crippen molar-refractivity contribution in [3.63, 3.8) is 0 Å². The second-order valence-corrected chi connectivity index (χ2v) is 33.1. The highest BCUT2D eigenvalue weighted by Gasteiger charge is 2.53. The summed E-state index contributed by atoms with van der Waals surface area (Å²) in [6, 6.07) is 11.3. The predicted molar refractivity (Wildman–Crippen MR) is 460 cm³/mol. The van der Waals surface area contributed by atoms with E-state index in [-0.39, 0.29) is 80.4 Å². The molecule has 4 aromatic heterocycles. The molecule has 3 fully saturated rings. The van der Waals surface area contributed by atoms with Crippen LogP contribution < -0.4 is 22.5 Å². The number of oxazole rings is 1. The van der Waals surface area contributed by atoms with Crippen LogP contribution in [0.2, 0.25) is 0 Å². The molecule has 6 aromatic rings. The number of unbranched alkanes of at least 4 members (excludes halogenated alkanes) is 1. The molecular formula is C90H129N13O21. The Morgan fingerprint density at radius 1 is 0.742 bits per heavy atom. The van der Waals surface area contributed by atoms with Gasteiger partial charge in [-0.3, -0.25) is 24.0 Å². The van der Waals surface area contributed by atoms with E-state index in [4.69, 9.17) is 78.8 Å². The summed E-state index contributed by atoms with van der Waals surface area (Å²) in [5.74, 6) is -8.72. The number of aromatic nitrogens is 8. The smallest absolute Gasteiger partial charge is 0.329 e. The van der Waals surface area contributed by atoms with Gasteiger partial charge in [0.2, 0.25) is 11.7 Å². The number of methoxy groups -OCH3 is 2. The summed E-state index contributed by atoms with van der Waals surface area (Å²) in [5, 5.41) is 51.7. The third kappa shape index (κ3) is 28.5. The van der Waals surface area contributed by atoms with Crippen molar-refractivity contribution in [3.05, 3.63) is 119 Å². The summed E-state index contributed by atoms with van der Waals surface area (Å²) in [7, 11) is 3.20. The topological polar surface area (TPSA) is 458 Å². The van der Waals surface area contributed by atoms with Crippen LogP contribution in [0, 0.1) is 29.6 Å². The lowest BCUT2D eigenvalue weighted by Crippen LogP contribution is -2.61. The minimum atomic E-state index is -2.49. The zero-order chi connectivity index (χ0) is 88.7. The number of benzene rings is 2. The molecule has 2 amide bonds. The number of aliphatic hydroxyl groups excluding tert-OH is 2. The second-order valence-electron chi connectivity index (χ2n) is 33.1. The van der Waals surface area contributed by atoms with E-state index in [1.807, 2.05) is 86.8 Å². The van der Waals surface area contributed by atoms with Gasteiger partial charge in [-0.1, -0.05) is 93.6 Å². The van der Waals surface area contributed by atoms with Crippen molar-refractivity contribution >= 4 is 69.1 Å². The SMILES string of the molecule is CO[C@H]1C[C@@H]2CC[C@@H](C)[C@@](O)(O2)C(=O)C(=O)N2CCCC[C@H]2C(=O)O[C@H]([C@H](N)C[C@@H]2CC[C@@H](OCCCCc3cn(CCOCCOCCOCCOCCOCCOCCC(=O)NCc4ccc(Cn5nc(-c6ccc7oc(N)nc7c6)c6c(N)ncnc65)cc4)nn3)[C@H](OC)C2)CC(=O)[C@H](C)/C=C(\C)[C@@H](O)[C@@H](O)C(=O)[C@H](C)C[C@H](C)/C=C/C=CC=C1C. The van der Waals surface area contributed by atoms with Crippen molar-refractivity contribution < 1.29 is 101 Å². The first kappa shape index (κ1) is 97.2. The maximum absolute atomic E-state index is 14.7. The van der Waals surface area contributed by atoms with E-state index < -0.39 is 95.4 Å². The van der Waals surface area contributed by atoms with Crippen molar-refractivity contribution in [1.82, 2.24) is 49.9 Å². The van der Waals surface area contributed by atoms with Gasteiger partial charge < -0.3 is 99.3 Å². The largest absolute Gasteiger partial charge is 0.459 e.